The predicted molar refractivity (Wildman–Crippen MR) is 148 cm³/mol. The molecule has 0 bridgehead atoms. The topological polar surface area (TPSA) is 112 Å². The third kappa shape index (κ3) is 6.08. The van der Waals surface area contributed by atoms with E-state index in [1.165, 1.54) is 0 Å². The Balaban J connectivity index is 1.68. The van der Waals surface area contributed by atoms with E-state index in [9.17, 15) is 19.9 Å². The van der Waals surface area contributed by atoms with Crippen LogP contribution in [0.5, 0.6) is 5.88 Å². The number of carbonyl (C=O) groups excluding carboxylic acids is 1. The van der Waals surface area contributed by atoms with Crippen LogP contribution in [-0.2, 0) is 0 Å². The fourth-order valence-corrected chi connectivity index (χ4v) is 4.22. The van der Waals surface area contributed by atoms with E-state index in [0.29, 0.717) is 45.4 Å². The Bertz CT molecular complexity index is 1400. The van der Waals surface area contributed by atoms with Crippen molar-refractivity contribution in [1.29, 1.82) is 0 Å². The molecule has 4 aromatic rings. The lowest BCUT2D eigenvalue weighted by Gasteiger charge is -2.18. The lowest BCUT2D eigenvalue weighted by Crippen LogP contribution is -2.29. The van der Waals surface area contributed by atoms with E-state index in [0.717, 1.165) is 18.5 Å². The maximum Gasteiger partial charge on any atom is 0.488 e. The van der Waals surface area contributed by atoms with Crippen molar-refractivity contribution in [3.8, 4) is 5.88 Å². The molecule has 0 aliphatic heterocycles. The number of fused-ring (bicyclic) bond motifs is 1. The molecule has 0 aliphatic rings. The Morgan fingerprint density at radius 3 is 2.27 bits per heavy atom. The molecular formula is C28H31BN4O4. The maximum atomic E-state index is 12.8. The Morgan fingerprint density at radius 2 is 1.62 bits per heavy atom. The zero-order chi connectivity index (χ0) is 26.5. The van der Waals surface area contributed by atoms with E-state index < -0.39 is 7.12 Å². The summed E-state index contributed by atoms with van der Waals surface area (Å²) < 4.78 is 0. The molecule has 0 radical (unpaired) electrons. The van der Waals surface area contributed by atoms with Gasteiger partial charge in [-0.2, -0.15) is 0 Å². The summed E-state index contributed by atoms with van der Waals surface area (Å²) in [7, 11) is 4.21. The summed E-state index contributed by atoms with van der Waals surface area (Å²) in [5, 5.41) is 30.6. The van der Waals surface area contributed by atoms with Crippen LogP contribution in [0.25, 0.3) is 10.9 Å². The molecule has 0 unspecified atom stereocenters. The monoisotopic (exact) mass is 498 g/mol. The lowest BCUT2D eigenvalue weighted by molar-refractivity contribution is 0.0790. The molecule has 4 rings (SSSR count). The maximum absolute atomic E-state index is 12.8. The number of aliphatic imine (C=N–C) groups is 1. The van der Waals surface area contributed by atoms with Crippen LogP contribution in [0.4, 0.5) is 5.69 Å². The van der Waals surface area contributed by atoms with Crippen LogP contribution in [0, 0.1) is 0 Å². The van der Waals surface area contributed by atoms with Crippen LogP contribution >= 0.6 is 0 Å². The first-order valence-corrected chi connectivity index (χ1v) is 12.1. The van der Waals surface area contributed by atoms with Gasteiger partial charge < -0.3 is 29.9 Å². The SMILES string of the molecule is CN(C)CCCN(C)C(=O)c1ccc(N=C(c2ccccc2)c2c(O)[nH]c3cc(B(O)O)ccc23)cc1. The molecule has 4 N–H and O–H groups in total. The van der Waals surface area contributed by atoms with Crippen LogP contribution in [0.1, 0.15) is 27.9 Å². The standard InChI is InChI=1S/C28H31BN4O4/c1-32(2)16-7-17-33(3)28(35)20-10-13-22(14-11-20)30-26(19-8-5-4-6-9-19)25-23-15-12-21(29(36)37)18-24(23)31-27(25)34/h4-6,8-15,18,31,34,36-37H,7,16-17H2,1-3H3. The van der Waals surface area contributed by atoms with Gasteiger partial charge in [-0.1, -0.05) is 42.5 Å². The molecule has 0 fully saturated rings. The summed E-state index contributed by atoms with van der Waals surface area (Å²) in [5.74, 6) is -0.123. The second kappa shape index (κ2) is 11.4. The highest BCUT2D eigenvalue weighted by Crippen LogP contribution is 2.31. The van der Waals surface area contributed by atoms with E-state index in [-0.39, 0.29) is 11.8 Å². The van der Waals surface area contributed by atoms with Gasteiger partial charge in [0.1, 0.15) is 0 Å². The first kappa shape index (κ1) is 26.2. The highest BCUT2D eigenvalue weighted by molar-refractivity contribution is 6.59. The zero-order valence-corrected chi connectivity index (χ0v) is 21.2. The van der Waals surface area contributed by atoms with Gasteiger partial charge in [-0.05, 0) is 62.9 Å². The number of amides is 1. The summed E-state index contributed by atoms with van der Waals surface area (Å²) in [6.45, 7) is 1.58. The Kier molecular flexibility index (Phi) is 8.08. The number of aromatic nitrogens is 1. The van der Waals surface area contributed by atoms with Crippen LogP contribution in [0.3, 0.4) is 0 Å². The van der Waals surface area contributed by atoms with Crippen molar-refractivity contribution in [2.75, 3.05) is 34.2 Å². The normalized spacial score (nSPS) is 11.8. The number of H-pyrrole nitrogens is 1. The van der Waals surface area contributed by atoms with Crippen LogP contribution in [-0.4, -0.2) is 82.9 Å². The van der Waals surface area contributed by atoms with E-state index in [1.807, 2.05) is 44.4 Å². The number of hydrogen-bond donors (Lipinski definition) is 4. The summed E-state index contributed by atoms with van der Waals surface area (Å²) in [5.41, 5.74) is 3.91. The Hall–Kier alpha value is -3.92. The molecule has 0 saturated carbocycles. The van der Waals surface area contributed by atoms with E-state index in [2.05, 4.69) is 9.88 Å². The third-order valence-electron chi connectivity index (χ3n) is 6.19. The van der Waals surface area contributed by atoms with E-state index >= 15 is 0 Å². The van der Waals surface area contributed by atoms with Crippen molar-refractivity contribution >= 4 is 40.8 Å². The van der Waals surface area contributed by atoms with Crippen molar-refractivity contribution in [3.63, 3.8) is 0 Å². The molecule has 9 heteroatoms. The molecular weight excluding hydrogens is 467 g/mol. The van der Waals surface area contributed by atoms with Crippen molar-refractivity contribution < 1.29 is 19.9 Å². The van der Waals surface area contributed by atoms with Gasteiger partial charge in [-0.25, -0.2) is 4.99 Å². The molecule has 1 amide bonds. The Labute approximate surface area is 216 Å². The van der Waals surface area contributed by atoms with Gasteiger partial charge in [0, 0.05) is 35.6 Å². The quantitative estimate of drug-likeness (QED) is 0.210. The molecule has 190 valence electrons. The number of carbonyl (C=O) groups is 1. The zero-order valence-electron chi connectivity index (χ0n) is 21.2. The first-order valence-electron chi connectivity index (χ1n) is 12.1. The van der Waals surface area contributed by atoms with Crippen LogP contribution in [0.2, 0.25) is 0 Å². The summed E-state index contributed by atoms with van der Waals surface area (Å²) in [4.78, 5) is 24.4. The number of aromatic amines is 1. The number of benzene rings is 3. The molecule has 1 heterocycles. The minimum absolute atomic E-state index is 0.0475. The fraction of sp³-hybridized carbons (Fsp3) is 0.214. The lowest BCUT2D eigenvalue weighted by atomic mass is 9.80. The first-order chi connectivity index (χ1) is 17.7. The predicted octanol–water partition coefficient (Wildman–Crippen LogP) is 2.75. The van der Waals surface area contributed by atoms with E-state index in [4.69, 9.17) is 4.99 Å². The number of aromatic hydroxyl groups is 1. The van der Waals surface area contributed by atoms with Crippen molar-refractivity contribution in [3.05, 3.63) is 89.5 Å². The van der Waals surface area contributed by atoms with Gasteiger partial charge in [0.05, 0.1) is 17.0 Å². The summed E-state index contributed by atoms with van der Waals surface area (Å²) in [6, 6.07) is 21.5. The molecule has 0 spiro atoms. The second-order valence-electron chi connectivity index (χ2n) is 9.28. The molecule has 0 saturated heterocycles. The molecule has 0 atom stereocenters. The van der Waals surface area contributed by atoms with E-state index in [1.54, 1.807) is 54.4 Å². The highest BCUT2D eigenvalue weighted by atomic mass is 16.4. The summed E-state index contributed by atoms with van der Waals surface area (Å²) in [6.07, 6.45) is 0.894. The van der Waals surface area contributed by atoms with Crippen molar-refractivity contribution in [1.82, 2.24) is 14.8 Å². The van der Waals surface area contributed by atoms with Crippen LogP contribution in [0.15, 0.2) is 77.8 Å². The Morgan fingerprint density at radius 1 is 0.919 bits per heavy atom. The van der Waals surface area contributed by atoms with Gasteiger partial charge in [0.2, 0.25) is 0 Å². The fourth-order valence-electron chi connectivity index (χ4n) is 4.22. The minimum atomic E-state index is -1.62. The number of nitrogens with zero attached hydrogens (tertiary/aromatic N) is 3. The second-order valence-corrected chi connectivity index (χ2v) is 9.28. The smallest absolute Gasteiger partial charge is 0.488 e. The average molecular weight is 498 g/mol. The van der Waals surface area contributed by atoms with Crippen LogP contribution < -0.4 is 5.46 Å². The minimum Gasteiger partial charge on any atom is -0.494 e. The largest absolute Gasteiger partial charge is 0.494 e. The third-order valence-corrected chi connectivity index (χ3v) is 6.19. The number of nitrogens with one attached hydrogen (secondary N) is 1. The van der Waals surface area contributed by atoms with Gasteiger partial charge in [-0.15, -0.1) is 0 Å². The molecule has 8 nitrogen and oxygen atoms in total. The molecule has 0 aliphatic carbocycles. The molecule has 1 aromatic heterocycles. The number of rotatable bonds is 9. The summed E-state index contributed by atoms with van der Waals surface area (Å²) >= 11 is 0. The van der Waals surface area contributed by atoms with Crippen molar-refractivity contribution in [2.45, 2.75) is 6.42 Å². The highest BCUT2D eigenvalue weighted by Gasteiger charge is 2.21. The molecule has 3 aromatic carbocycles. The average Bonchev–Trinajstić information content (AvgIpc) is 3.22. The van der Waals surface area contributed by atoms with Crippen molar-refractivity contribution in [2.24, 2.45) is 4.99 Å². The number of hydrogen-bond acceptors (Lipinski definition) is 6. The van der Waals surface area contributed by atoms with Gasteiger partial charge in [0.25, 0.3) is 5.91 Å². The van der Waals surface area contributed by atoms with Gasteiger partial charge in [0.15, 0.2) is 5.88 Å². The van der Waals surface area contributed by atoms with Gasteiger partial charge in [-0.3, -0.25) is 4.79 Å². The molecule has 37 heavy (non-hydrogen) atoms. The van der Waals surface area contributed by atoms with Gasteiger partial charge >= 0.3 is 7.12 Å².